The van der Waals surface area contributed by atoms with E-state index in [4.69, 9.17) is 10.9 Å². The molecule has 0 spiro atoms. The molecule has 0 atom stereocenters. The fourth-order valence-corrected chi connectivity index (χ4v) is 3.83. The van der Waals surface area contributed by atoms with Gasteiger partial charge >= 0.3 is 0 Å². The van der Waals surface area contributed by atoms with E-state index in [1.165, 1.54) is 31.7 Å². The van der Waals surface area contributed by atoms with Crippen molar-refractivity contribution in [2.24, 2.45) is 11.1 Å². The molecule has 0 unspecified atom stereocenters. The molecule has 0 aliphatic heterocycles. The van der Waals surface area contributed by atoms with Gasteiger partial charge in [-0.3, -0.25) is 0 Å². The summed E-state index contributed by atoms with van der Waals surface area (Å²) in [6.45, 7) is 2.23. The summed E-state index contributed by atoms with van der Waals surface area (Å²) < 4.78 is 23.0. The molecule has 0 heterocycles. The second-order valence-corrected chi connectivity index (χ2v) is 7.44. The highest BCUT2D eigenvalue weighted by molar-refractivity contribution is 7.89. The normalized spacial score (nSPS) is 23.0. The van der Waals surface area contributed by atoms with Gasteiger partial charge in [0, 0.05) is 6.04 Å². The first-order chi connectivity index (χ1) is 9.91. The minimum atomic E-state index is -3.78. The van der Waals surface area contributed by atoms with Crippen molar-refractivity contribution in [3.05, 3.63) is 18.2 Å². The molecule has 1 fully saturated rings. The Bertz CT molecular complexity index is 579. The number of para-hydroxylation sites is 1. The van der Waals surface area contributed by atoms with Gasteiger partial charge in [-0.15, -0.1) is 0 Å². The third-order valence-corrected chi connectivity index (χ3v) is 5.24. The smallest absolute Gasteiger partial charge is 0.240 e. The maximum absolute atomic E-state index is 11.5. The SMILES string of the molecule is CCCC1CCC(Nc2cccc(S(N)(=O)=O)c2N)CC1. The Balaban J connectivity index is 2.05. The molecule has 0 bridgehead atoms. The number of hydrogen-bond donors (Lipinski definition) is 3. The van der Waals surface area contributed by atoms with Crippen molar-refractivity contribution in [3.8, 4) is 0 Å². The van der Waals surface area contributed by atoms with Gasteiger partial charge in [0.1, 0.15) is 4.90 Å². The number of benzene rings is 1. The van der Waals surface area contributed by atoms with Crippen molar-refractivity contribution in [1.29, 1.82) is 0 Å². The number of rotatable bonds is 5. The Morgan fingerprint density at radius 3 is 2.48 bits per heavy atom. The number of anilines is 2. The van der Waals surface area contributed by atoms with Crippen LogP contribution in [-0.2, 0) is 10.0 Å². The van der Waals surface area contributed by atoms with Gasteiger partial charge in [0.2, 0.25) is 10.0 Å². The van der Waals surface area contributed by atoms with Crippen LogP contribution in [0.25, 0.3) is 0 Å². The minimum Gasteiger partial charge on any atom is -0.396 e. The highest BCUT2D eigenvalue weighted by Crippen LogP contribution is 2.32. The van der Waals surface area contributed by atoms with Gasteiger partial charge in [-0.2, -0.15) is 0 Å². The van der Waals surface area contributed by atoms with Crippen molar-refractivity contribution in [1.82, 2.24) is 0 Å². The Kier molecular flexibility index (Phi) is 5.11. The lowest BCUT2D eigenvalue weighted by atomic mass is 9.83. The first kappa shape index (κ1) is 16.1. The summed E-state index contributed by atoms with van der Waals surface area (Å²) in [4.78, 5) is -0.00725. The number of hydrogen-bond acceptors (Lipinski definition) is 4. The number of sulfonamides is 1. The van der Waals surface area contributed by atoms with Gasteiger partial charge in [0.05, 0.1) is 11.4 Å². The van der Waals surface area contributed by atoms with Crippen LogP contribution in [0.1, 0.15) is 45.4 Å². The van der Waals surface area contributed by atoms with Crippen LogP contribution in [0.15, 0.2) is 23.1 Å². The van der Waals surface area contributed by atoms with Crippen molar-refractivity contribution in [2.75, 3.05) is 11.1 Å². The monoisotopic (exact) mass is 311 g/mol. The standard InChI is InChI=1S/C15H25N3O2S/c1-2-4-11-7-9-12(10-8-11)18-13-5-3-6-14(15(13)16)21(17,19)20/h3,5-6,11-12,18H,2,4,7-10,16H2,1H3,(H2,17,19,20). The lowest BCUT2D eigenvalue weighted by molar-refractivity contribution is 0.319. The summed E-state index contributed by atoms with van der Waals surface area (Å²) in [5.74, 6) is 0.834. The highest BCUT2D eigenvalue weighted by atomic mass is 32.2. The number of nitrogens with two attached hydrogens (primary N) is 2. The lowest BCUT2D eigenvalue weighted by Gasteiger charge is -2.30. The van der Waals surface area contributed by atoms with E-state index in [0.717, 1.165) is 18.8 Å². The molecule has 2 rings (SSSR count). The van der Waals surface area contributed by atoms with Crippen molar-refractivity contribution < 1.29 is 8.42 Å². The summed E-state index contributed by atoms with van der Waals surface area (Å²) >= 11 is 0. The van der Waals surface area contributed by atoms with E-state index in [9.17, 15) is 8.42 Å². The van der Waals surface area contributed by atoms with Gasteiger partial charge in [-0.25, -0.2) is 13.6 Å². The summed E-state index contributed by atoms with van der Waals surface area (Å²) in [5, 5.41) is 8.55. The van der Waals surface area contributed by atoms with Crippen LogP contribution < -0.4 is 16.2 Å². The van der Waals surface area contributed by atoms with E-state index in [1.807, 2.05) is 6.07 Å². The summed E-state index contributed by atoms with van der Waals surface area (Å²) in [7, 11) is -3.78. The first-order valence-electron chi connectivity index (χ1n) is 7.59. The van der Waals surface area contributed by atoms with Crippen LogP contribution in [-0.4, -0.2) is 14.5 Å². The maximum Gasteiger partial charge on any atom is 0.240 e. The van der Waals surface area contributed by atoms with Gasteiger partial charge in [-0.05, 0) is 43.7 Å². The molecule has 1 aromatic carbocycles. The third kappa shape index (κ3) is 4.11. The molecule has 21 heavy (non-hydrogen) atoms. The summed E-state index contributed by atoms with van der Waals surface area (Å²) in [5.41, 5.74) is 6.83. The molecule has 0 amide bonds. The number of nitrogen functional groups attached to an aromatic ring is 1. The van der Waals surface area contributed by atoms with Crippen LogP contribution in [0.5, 0.6) is 0 Å². The zero-order chi connectivity index (χ0) is 15.5. The maximum atomic E-state index is 11.5. The molecule has 6 heteroatoms. The Morgan fingerprint density at radius 1 is 1.24 bits per heavy atom. The van der Waals surface area contributed by atoms with Crippen LogP contribution in [0, 0.1) is 5.92 Å². The molecule has 0 radical (unpaired) electrons. The molecule has 1 aliphatic rings. The van der Waals surface area contributed by atoms with Gasteiger partial charge in [0.25, 0.3) is 0 Å². The molecule has 0 saturated heterocycles. The molecule has 0 aromatic heterocycles. The highest BCUT2D eigenvalue weighted by Gasteiger charge is 2.22. The van der Waals surface area contributed by atoms with Gasteiger partial charge in [-0.1, -0.05) is 25.8 Å². The predicted octanol–water partition coefficient (Wildman–Crippen LogP) is 2.69. The molecule has 1 aromatic rings. The lowest BCUT2D eigenvalue weighted by Crippen LogP contribution is -2.27. The van der Waals surface area contributed by atoms with Crippen LogP contribution >= 0.6 is 0 Å². The van der Waals surface area contributed by atoms with E-state index >= 15 is 0 Å². The molecule has 1 aliphatic carbocycles. The zero-order valence-corrected chi connectivity index (χ0v) is 13.3. The second kappa shape index (κ2) is 6.66. The average Bonchev–Trinajstić information content (AvgIpc) is 2.42. The van der Waals surface area contributed by atoms with Crippen LogP contribution in [0.4, 0.5) is 11.4 Å². The fourth-order valence-electron chi connectivity index (χ4n) is 3.14. The van der Waals surface area contributed by atoms with Crippen molar-refractivity contribution in [2.45, 2.75) is 56.4 Å². The molecule has 1 saturated carbocycles. The van der Waals surface area contributed by atoms with Gasteiger partial charge in [0.15, 0.2) is 0 Å². The van der Waals surface area contributed by atoms with E-state index < -0.39 is 10.0 Å². The largest absolute Gasteiger partial charge is 0.396 e. The van der Waals surface area contributed by atoms with Gasteiger partial charge < -0.3 is 11.1 Å². The third-order valence-electron chi connectivity index (χ3n) is 4.28. The molecular weight excluding hydrogens is 286 g/mol. The zero-order valence-electron chi connectivity index (χ0n) is 12.5. The minimum absolute atomic E-state index is 0.00725. The van der Waals surface area contributed by atoms with E-state index in [0.29, 0.717) is 11.7 Å². The van der Waals surface area contributed by atoms with E-state index in [1.54, 1.807) is 6.07 Å². The summed E-state index contributed by atoms with van der Waals surface area (Å²) in [6, 6.07) is 5.27. The quantitative estimate of drug-likeness (QED) is 0.728. The van der Waals surface area contributed by atoms with Crippen molar-refractivity contribution in [3.63, 3.8) is 0 Å². The molecule has 118 valence electrons. The van der Waals surface area contributed by atoms with Crippen LogP contribution in [0.2, 0.25) is 0 Å². The Morgan fingerprint density at radius 2 is 1.90 bits per heavy atom. The Labute approximate surface area is 127 Å². The van der Waals surface area contributed by atoms with E-state index in [2.05, 4.69) is 12.2 Å². The molecular formula is C15H25N3O2S. The molecule has 5 N–H and O–H groups in total. The average molecular weight is 311 g/mol. The summed E-state index contributed by atoms with van der Waals surface area (Å²) in [6.07, 6.45) is 7.19. The fraction of sp³-hybridized carbons (Fsp3) is 0.600. The topological polar surface area (TPSA) is 98.2 Å². The van der Waals surface area contributed by atoms with E-state index in [-0.39, 0.29) is 10.6 Å². The predicted molar refractivity (Wildman–Crippen MR) is 86.5 cm³/mol. The second-order valence-electron chi connectivity index (χ2n) is 5.91. The van der Waals surface area contributed by atoms with Crippen molar-refractivity contribution >= 4 is 21.4 Å². The van der Waals surface area contributed by atoms with Crippen LogP contribution in [0.3, 0.4) is 0 Å². The molecule has 5 nitrogen and oxygen atoms in total. The first-order valence-corrected chi connectivity index (χ1v) is 9.14. The number of nitrogens with one attached hydrogen (secondary N) is 1. The number of primary sulfonamides is 1. The Hall–Kier alpha value is -1.27.